The summed E-state index contributed by atoms with van der Waals surface area (Å²) in [7, 11) is 0. The predicted molar refractivity (Wildman–Crippen MR) is 77.9 cm³/mol. The van der Waals surface area contributed by atoms with Gasteiger partial charge >= 0.3 is 0 Å². The first kappa shape index (κ1) is 14.5. The van der Waals surface area contributed by atoms with Crippen LogP contribution < -0.4 is 14.8 Å². The molecule has 2 aliphatic rings. The second-order valence-corrected chi connectivity index (χ2v) is 6.05. The number of fused-ring (bicyclic) bond motifs is 1. The smallest absolute Gasteiger partial charge is 0.251 e. The highest BCUT2D eigenvalue weighted by Crippen LogP contribution is 2.40. The molecule has 6 heteroatoms. The minimum absolute atomic E-state index is 0.0446. The maximum Gasteiger partial charge on any atom is 0.251 e. The van der Waals surface area contributed by atoms with Crippen molar-refractivity contribution in [1.82, 2.24) is 5.32 Å². The molecule has 3 rings (SSSR count). The molecule has 0 saturated heterocycles. The van der Waals surface area contributed by atoms with E-state index in [-0.39, 0.29) is 19.3 Å². The molecule has 1 amide bonds. The van der Waals surface area contributed by atoms with Crippen LogP contribution in [0.3, 0.4) is 0 Å². The number of benzene rings is 1. The van der Waals surface area contributed by atoms with Crippen molar-refractivity contribution in [2.75, 3.05) is 13.4 Å². The summed E-state index contributed by atoms with van der Waals surface area (Å²) in [6, 6.07) is 3.19. The van der Waals surface area contributed by atoms with E-state index in [0.29, 0.717) is 22.1 Å². The first-order chi connectivity index (χ1) is 10.1. The molecule has 1 heterocycles. The monoisotopic (exact) mass is 311 g/mol. The highest BCUT2D eigenvalue weighted by Gasteiger charge is 2.33. The first-order valence-electron chi connectivity index (χ1n) is 7.16. The van der Waals surface area contributed by atoms with Gasteiger partial charge in [0, 0.05) is 5.56 Å². The fraction of sp³-hybridized carbons (Fsp3) is 0.533. The third-order valence-electron chi connectivity index (χ3n) is 4.18. The Morgan fingerprint density at radius 1 is 1.29 bits per heavy atom. The molecule has 114 valence electrons. The Hall–Kier alpha value is -1.46. The van der Waals surface area contributed by atoms with Gasteiger partial charge < -0.3 is 19.9 Å². The molecule has 5 nitrogen and oxygen atoms in total. The SMILES string of the molecule is O=C(NC1(CO)CCCCC1)c1cc(Cl)c2c(c1)OCO2. The van der Waals surface area contributed by atoms with Crippen molar-refractivity contribution in [3.05, 3.63) is 22.7 Å². The van der Waals surface area contributed by atoms with Crippen molar-refractivity contribution >= 4 is 17.5 Å². The summed E-state index contributed by atoms with van der Waals surface area (Å²) in [6.45, 7) is 0.0672. The van der Waals surface area contributed by atoms with E-state index in [9.17, 15) is 9.90 Å². The number of rotatable bonds is 3. The number of halogens is 1. The Labute approximate surface area is 128 Å². The molecule has 0 spiro atoms. The van der Waals surface area contributed by atoms with Crippen LogP contribution in [0.4, 0.5) is 0 Å². The van der Waals surface area contributed by atoms with Crippen LogP contribution in [-0.4, -0.2) is 30.0 Å². The lowest BCUT2D eigenvalue weighted by molar-refractivity contribution is 0.0758. The Bertz CT molecular complexity index is 555. The summed E-state index contributed by atoms with van der Waals surface area (Å²) >= 11 is 6.10. The zero-order valence-electron chi connectivity index (χ0n) is 11.7. The molecule has 21 heavy (non-hydrogen) atoms. The molecule has 0 bridgehead atoms. The lowest BCUT2D eigenvalue weighted by Gasteiger charge is -2.36. The molecule has 1 fully saturated rings. The number of aliphatic hydroxyl groups is 1. The van der Waals surface area contributed by atoms with E-state index in [1.807, 2.05) is 0 Å². The molecule has 0 aromatic heterocycles. The van der Waals surface area contributed by atoms with Gasteiger partial charge in [-0.15, -0.1) is 0 Å². The van der Waals surface area contributed by atoms with Crippen molar-refractivity contribution in [1.29, 1.82) is 0 Å². The maximum atomic E-state index is 12.5. The lowest BCUT2D eigenvalue weighted by atomic mass is 9.82. The fourth-order valence-electron chi connectivity index (χ4n) is 2.96. The van der Waals surface area contributed by atoms with Crippen LogP contribution in [0, 0.1) is 0 Å². The molecule has 1 aliphatic carbocycles. The van der Waals surface area contributed by atoms with Crippen molar-refractivity contribution in [3.63, 3.8) is 0 Å². The van der Waals surface area contributed by atoms with Crippen molar-refractivity contribution < 1.29 is 19.4 Å². The summed E-state index contributed by atoms with van der Waals surface area (Å²) in [5.41, 5.74) is -0.0966. The molecule has 1 aromatic carbocycles. The van der Waals surface area contributed by atoms with E-state index in [1.54, 1.807) is 12.1 Å². The molecule has 1 saturated carbocycles. The Kier molecular flexibility index (Phi) is 3.95. The molecule has 0 radical (unpaired) electrons. The molecule has 0 unspecified atom stereocenters. The van der Waals surface area contributed by atoms with Gasteiger partial charge in [-0.2, -0.15) is 0 Å². The van der Waals surface area contributed by atoms with Crippen LogP contribution in [0.15, 0.2) is 12.1 Å². The van der Waals surface area contributed by atoms with Gasteiger partial charge in [0.2, 0.25) is 6.79 Å². The van der Waals surface area contributed by atoms with Crippen LogP contribution in [0.1, 0.15) is 42.5 Å². The number of aliphatic hydroxyl groups excluding tert-OH is 1. The van der Waals surface area contributed by atoms with Crippen LogP contribution >= 0.6 is 11.6 Å². The van der Waals surface area contributed by atoms with Gasteiger partial charge in [0.1, 0.15) is 0 Å². The van der Waals surface area contributed by atoms with Gasteiger partial charge in [-0.25, -0.2) is 0 Å². The van der Waals surface area contributed by atoms with Gasteiger partial charge in [0.05, 0.1) is 17.2 Å². The normalized spacial score (nSPS) is 19.3. The molecule has 1 aliphatic heterocycles. The maximum absolute atomic E-state index is 12.5. The van der Waals surface area contributed by atoms with Crippen LogP contribution in [-0.2, 0) is 0 Å². The quantitative estimate of drug-likeness (QED) is 0.900. The third kappa shape index (κ3) is 2.80. The van der Waals surface area contributed by atoms with E-state index < -0.39 is 5.54 Å². The average molecular weight is 312 g/mol. The van der Waals surface area contributed by atoms with Crippen LogP contribution in [0.25, 0.3) is 0 Å². The summed E-state index contributed by atoms with van der Waals surface area (Å²) < 4.78 is 10.5. The topological polar surface area (TPSA) is 67.8 Å². The minimum atomic E-state index is -0.516. The van der Waals surface area contributed by atoms with Gasteiger partial charge in [-0.05, 0) is 25.0 Å². The van der Waals surface area contributed by atoms with Gasteiger partial charge in [0.25, 0.3) is 5.91 Å². The molecule has 0 atom stereocenters. The van der Waals surface area contributed by atoms with E-state index in [2.05, 4.69) is 5.32 Å². The predicted octanol–water partition coefficient (Wildman–Crippen LogP) is 2.49. The number of nitrogens with one attached hydrogen (secondary N) is 1. The highest BCUT2D eigenvalue weighted by atomic mass is 35.5. The third-order valence-corrected chi connectivity index (χ3v) is 4.46. The standard InChI is InChI=1S/C15H18ClNO4/c16-11-6-10(7-12-13(11)21-9-20-12)14(19)17-15(8-18)4-2-1-3-5-15/h6-7,18H,1-5,8-9H2,(H,17,19). The van der Waals surface area contributed by atoms with Crippen molar-refractivity contribution in [2.24, 2.45) is 0 Å². The molecular weight excluding hydrogens is 294 g/mol. The average Bonchev–Trinajstić information content (AvgIpc) is 2.97. The Morgan fingerprint density at radius 3 is 2.76 bits per heavy atom. The van der Waals surface area contributed by atoms with Crippen LogP contribution in [0.2, 0.25) is 5.02 Å². The fourth-order valence-corrected chi connectivity index (χ4v) is 3.23. The van der Waals surface area contributed by atoms with E-state index in [1.165, 1.54) is 0 Å². The van der Waals surface area contributed by atoms with Gasteiger partial charge in [-0.1, -0.05) is 30.9 Å². The van der Waals surface area contributed by atoms with Gasteiger partial charge in [0.15, 0.2) is 11.5 Å². The zero-order valence-corrected chi connectivity index (χ0v) is 12.4. The summed E-state index contributed by atoms with van der Waals surface area (Å²) in [5.74, 6) is 0.711. The molecule has 2 N–H and O–H groups in total. The van der Waals surface area contributed by atoms with Crippen molar-refractivity contribution in [2.45, 2.75) is 37.6 Å². The lowest BCUT2D eigenvalue weighted by Crippen LogP contribution is -2.52. The summed E-state index contributed by atoms with van der Waals surface area (Å²) in [4.78, 5) is 12.5. The first-order valence-corrected chi connectivity index (χ1v) is 7.54. The molecule has 1 aromatic rings. The zero-order chi connectivity index (χ0) is 14.9. The Balaban J connectivity index is 1.80. The number of ether oxygens (including phenoxy) is 2. The minimum Gasteiger partial charge on any atom is -0.454 e. The summed E-state index contributed by atoms with van der Waals surface area (Å²) in [6.07, 6.45) is 4.78. The number of carbonyl (C=O) groups excluding carboxylic acids is 1. The van der Waals surface area contributed by atoms with Gasteiger partial charge in [-0.3, -0.25) is 4.79 Å². The largest absolute Gasteiger partial charge is 0.454 e. The van der Waals surface area contributed by atoms with E-state index >= 15 is 0 Å². The number of hydrogen-bond acceptors (Lipinski definition) is 4. The second-order valence-electron chi connectivity index (χ2n) is 5.65. The van der Waals surface area contributed by atoms with Crippen LogP contribution in [0.5, 0.6) is 11.5 Å². The highest BCUT2D eigenvalue weighted by molar-refractivity contribution is 6.32. The number of hydrogen-bond donors (Lipinski definition) is 2. The Morgan fingerprint density at radius 2 is 2.05 bits per heavy atom. The van der Waals surface area contributed by atoms with E-state index in [4.69, 9.17) is 21.1 Å². The summed E-state index contributed by atoms with van der Waals surface area (Å²) in [5, 5.41) is 13.0. The number of amides is 1. The second kappa shape index (κ2) is 5.73. The number of carbonyl (C=O) groups is 1. The van der Waals surface area contributed by atoms with Crippen molar-refractivity contribution in [3.8, 4) is 11.5 Å². The van der Waals surface area contributed by atoms with E-state index in [0.717, 1.165) is 32.1 Å². The molecular formula is C15H18ClNO4.